The Balaban J connectivity index is 1.04. The summed E-state index contributed by atoms with van der Waals surface area (Å²) < 4.78 is 11.9. The Hall–Kier alpha value is -4.51. The maximum absolute atomic E-state index is 12.5. The van der Waals surface area contributed by atoms with Gasteiger partial charge < -0.3 is 19.5 Å². The molecule has 0 saturated heterocycles. The molecule has 5 nitrogen and oxygen atoms in total. The number of fused-ring (bicyclic) bond motifs is 6. The normalized spacial score (nSPS) is 11.4. The van der Waals surface area contributed by atoms with E-state index in [4.69, 9.17) is 8.83 Å². The molecule has 0 spiro atoms. The van der Waals surface area contributed by atoms with Crippen LogP contribution >= 0.6 is 0 Å². The van der Waals surface area contributed by atoms with Crippen molar-refractivity contribution in [2.45, 2.75) is 19.3 Å². The Morgan fingerprint density at radius 3 is 1.74 bits per heavy atom. The number of carbonyl (C=O) groups excluding carboxylic acids is 1. The molecule has 35 heavy (non-hydrogen) atoms. The molecule has 0 aliphatic heterocycles. The summed E-state index contributed by atoms with van der Waals surface area (Å²) in [6.07, 6.45) is 1.78. The molecule has 0 aliphatic rings. The van der Waals surface area contributed by atoms with Crippen LogP contribution in [0.15, 0.2) is 106 Å². The van der Waals surface area contributed by atoms with Gasteiger partial charge in [-0.2, -0.15) is 0 Å². The van der Waals surface area contributed by atoms with Gasteiger partial charge in [-0.3, -0.25) is 4.79 Å². The molecule has 0 saturated carbocycles. The molecule has 2 aromatic heterocycles. The Bertz CT molecular complexity index is 1600. The van der Waals surface area contributed by atoms with Gasteiger partial charge >= 0.3 is 0 Å². The first-order valence-electron chi connectivity index (χ1n) is 11.7. The lowest BCUT2D eigenvalue weighted by molar-refractivity contribution is -0.116. The minimum atomic E-state index is -0.0306. The second-order valence-electron chi connectivity index (χ2n) is 8.75. The fourth-order valence-electron chi connectivity index (χ4n) is 4.56. The van der Waals surface area contributed by atoms with E-state index < -0.39 is 0 Å². The summed E-state index contributed by atoms with van der Waals surface area (Å²) in [4.78, 5) is 12.5. The van der Waals surface area contributed by atoms with E-state index in [1.54, 1.807) is 0 Å². The van der Waals surface area contributed by atoms with Crippen LogP contribution in [-0.2, 0) is 4.79 Å². The van der Waals surface area contributed by atoms with Crippen molar-refractivity contribution in [3.05, 3.63) is 97.2 Å². The van der Waals surface area contributed by atoms with Crippen molar-refractivity contribution in [1.82, 2.24) is 0 Å². The number of nitrogens with one attached hydrogen (secondary N) is 2. The van der Waals surface area contributed by atoms with E-state index in [2.05, 4.69) is 29.3 Å². The first kappa shape index (κ1) is 21.1. The molecule has 172 valence electrons. The SMILES string of the molecule is C=C(CCCC(=O)Nc1ccc2c(c1)oc1ccccc12)Nc1ccc2c(c1)oc1ccccc12. The van der Waals surface area contributed by atoms with Gasteiger partial charge in [0.25, 0.3) is 0 Å². The lowest BCUT2D eigenvalue weighted by Gasteiger charge is -2.10. The van der Waals surface area contributed by atoms with E-state index in [9.17, 15) is 4.79 Å². The molecule has 5 heteroatoms. The van der Waals surface area contributed by atoms with Gasteiger partial charge in [-0.05, 0) is 49.2 Å². The Labute approximate surface area is 202 Å². The highest BCUT2D eigenvalue weighted by Crippen LogP contribution is 2.32. The standard InChI is InChI=1S/C30H24N2O3/c1-19(31-20-13-15-24-22-8-2-4-10-26(22)34-28(24)17-20)7-6-12-30(33)32-21-14-16-25-23-9-3-5-11-27(23)35-29(25)18-21/h2-5,8-11,13-18,31H,1,6-7,12H2,(H,32,33). The number of benzene rings is 4. The van der Waals surface area contributed by atoms with E-state index in [-0.39, 0.29) is 5.91 Å². The van der Waals surface area contributed by atoms with Crippen LogP contribution in [0.2, 0.25) is 0 Å². The van der Waals surface area contributed by atoms with Crippen molar-refractivity contribution < 1.29 is 13.6 Å². The Morgan fingerprint density at radius 2 is 1.14 bits per heavy atom. The molecule has 1 amide bonds. The van der Waals surface area contributed by atoms with Crippen LogP contribution in [0.1, 0.15) is 19.3 Å². The number of amides is 1. The zero-order valence-electron chi connectivity index (χ0n) is 19.1. The number of allylic oxidation sites excluding steroid dienone is 1. The number of anilines is 2. The van der Waals surface area contributed by atoms with Crippen molar-refractivity contribution in [1.29, 1.82) is 0 Å². The molecule has 0 atom stereocenters. The van der Waals surface area contributed by atoms with Gasteiger partial charge in [0.2, 0.25) is 5.91 Å². The number of hydrogen-bond donors (Lipinski definition) is 2. The molecular formula is C30H24N2O3. The second kappa shape index (κ2) is 8.69. The highest BCUT2D eigenvalue weighted by Gasteiger charge is 2.10. The van der Waals surface area contributed by atoms with Crippen LogP contribution < -0.4 is 10.6 Å². The number of carbonyl (C=O) groups is 1. The van der Waals surface area contributed by atoms with Gasteiger partial charge in [0, 0.05) is 57.2 Å². The third kappa shape index (κ3) is 4.13. The summed E-state index contributed by atoms with van der Waals surface area (Å²) in [5.41, 5.74) is 5.84. The fraction of sp³-hybridized carbons (Fsp3) is 0.100. The quantitative estimate of drug-likeness (QED) is 0.252. The van der Waals surface area contributed by atoms with Crippen molar-refractivity contribution in [3.63, 3.8) is 0 Å². The largest absolute Gasteiger partial charge is 0.456 e. The summed E-state index contributed by atoms with van der Waals surface area (Å²) in [6, 6.07) is 27.8. The molecule has 6 aromatic rings. The zero-order chi connectivity index (χ0) is 23.8. The average Bonchev–Trinajstić information content (AvgIpc) is 3.41. The minimum Gasteiger partial charge on any atom is -0.456 e. The van der Waals surface area contributed by atoms with Crippen LogP contribution in [0, 0.1) is 0 Å². The van der Waals surface area contributed by atoms with Gasteiger partial charge in [-0.15, -0.1) is 0 Å². The highest BCUT2D eigenvalue weighted by molar-refractivity contribution is 6.07. The first-order chi connectivity index (χ1) is 17.1. The van der Waals surface area contributed by atoms with Crippen LogP contribution in [0.4, 0.5) is 11.4 Å². The minimum absolute atomic E-state index is 0.0306. The lowest BCUT2D eigenvalue weighted by atomic mass is 10.1. The third-order valence-corrected chi connectivity index (χ3v) is 6.24. The van der Waals surface area contributed by atoms with Gasteiger partial charge in [-0.25, -0.2) is 0 Å². The monoisotopic (exact) mass is 460 g/mol. The predicted molar refractivity (Wildman–Crippen MR) is 143 cm³/mol. The molecule has 2 heterocycles. The summed E-state index contributed by atoms with van der Waals surface area (Å²) in [5.74, 6) is -0.0306. The van der Waals surface area contributed by atoms with Crippen LogP contribution in [0.5, 0.6) is 0 Å². The topological polar surface area (TPSA) is 67.4 Å². The first-order valence-corrected chi connectivity index (χ1v) is 11.7. The van der Waals surface area contributed by atoms with Gasteiger partial charge in [0.05, 0.1) is 0 Å². The van der Waals surface area contributed by atoms with Gasteiger partial charge in [0.15, 0.2) is 0 Å². The molecule has 0 fully saturated rings. The molecule has 0 unspecified atom stereocenters. The maximum atomic E-state index is 12.5. The fourth-order valence-corrected chi connectivity index (χ4v) is 4.56. The zero-order valence-corrected chi connectivity index (χ0v) is 19.1. The third-order valence-electron chi connectivity index (χ3n) is 6.24. The van der Waals surface area contributed by atoms with Crippen LogP contribution in [0.25, 0.3) is 43.9 Å². The van der Waals surface area contributed by atoms with E-state index in [1.165, 1.54) is 0 Å². The number of para-hydroxylation sites is 2. The van der Waals surface area contributed by atoms with E-state index in [1.807, 2.05) is 72.8 Å². The summed E-state index contributed by atoms with van der Waals surface area (Å²) >= 11 is 0. The number of rotatable bonds is 7. The van der Waals surface area contributed by atoms with Crippen molar-refractivity contribution in [2.75, 3.05) is 10.6 Å². The maximum Gasteiger partial charge on any atom is 0.224 e. The highest BCUT2D eigenvalue weighted by atomic mass is 16.3. The van der Waals surface area contributed by atoms with E-state index >= 15 is 0 Å². The number of hydrogen-bond acceptors (Lipinski definition) is 4. The lowest BCUT2D eigenvalue weighted by Crippen LogP contribution is -2.11. The van der Waals surface area contributed by atoms with Gasteiger partial charge in [0.1, 0.15) is 22.3 Å². The van der Waals surface area contributed by atoms with Crippen molar-refractivity contribution in [2.24, 2.45) is 0 Å². The Kier molecular flexibility index (Phi) is 5.23. The van der Waals surface area contributed by atoms with E-state index in [0.717, 1.165) is 60.9 Å². The summed E-state index contributed by atoms with van der Waals surface area (Å²) in [6.45, 7) is 4.12. The molecule has 0 radical (unpaired) electrons. The molecule has 0 bridgehead atoms. The van der Waals surface area contributed by atoms with Crippen LogP contribution in [-0.4, -0.2) is 5.91 Å². The van der Waals surface area contributed by atoms with E-state index in [0.29, 0.717) is 19.3 Å². The smallest absolute Gasteiger partial charge is 0.224 e. The molecule has 0 aliphatic carbocycles. The molecule has 2 N–H and O–H groups in total. The summed E-state index contributed by atoms with van der Waals surface area (Å²) in [7, 11) is 0. The van der Waals surface area contributed by atoms with Crippen LogP contribution in [0.3, 0.4) is 0 Å². The van der Waals surface area contributed by atoms with Crippen molar-refractivity contribution >= 4 is 61.2 Å². The second-order valence-corrected chi connectivity index (χ2v) is 8.75. The molecular weight excluding hydrogens is 436 g/mol. The Morgan fingerprint density at radius 1 is 0.629 bits per heavy atom. The molecule has 4 aromatic carbocycles. The van der Waals surface area contributed by atoms with Crippen molar-refractivity contribution in [3.8, 4) is 0 Å². The van der Waals surface area contributed by atoms with Gasteiger partial charge in [-0.1, -0.05) is 43.0 Å². The summed E-state index contributed by atoms with van der Waals surface area (Å²) in [5, 5.41) is 10.6. The number of furan rings is 2. The molecule has 6 rings (SSSR count). The average molecular weight is 461 g/mol. The predicted octanol–water partition coefficient (Wildman–Crippen LogP) is 8.22.